The second-order valence-electron chi connectivity index (χ2n) is 4.04. The van der Waals surface area contributed by atoms with E-state index in [1.807, 2.05) is 24.3 Å². The molecule has 2 aliphatic carbocycles. The number of fused-ring (bicyclic) bond motifs is 2. The van der Waals surface area contributed by atoms with E-state index in [0.29, 0.717) is 12.0 Å². The van der Waals surface area contributed by atoms with Crippen molar-refractivity contribution in [2.24, 2.45) is 0 Å². The van der Waals surface area contributed by atoms with Crippen LogP contribution in [0.1, 0.15) is 17.5 Å². The van der Waals surface area contributed by atoms with Gasteiger partial charge in [-0.05, 0) is 17.5 Å². The fraction of sp³-hybridized carbons (Fsp3) is 0.250. The standard InChI is InChI=1S/C12H10O2/c1-7-8-4-2-3-5-9(8)12(11(7)14)6-10(12)13/h2-5,10,13H,1,6H2. The van der Waals surface area contributed by atoms with Gasteiger partial charge in [-0.15, -0.1) is 0 Å². The zero-order valence-electron chi connectivity index (χ0n) is 7.66. The van der Waals surface area contributed by atoms with Gasteiger partial charge >= 0.3 is 0 Å². The van der Waals surface area contributed by atoms with Gasteiger partial charge in [-0.25, -0.2) is 0 Å². The van der Waals surface area contributed by atoms with Gasteiger partial charge in [0.25, 0.3) is 0 Å². The number of hydrogen-bond acceptors (Lipinski definition) is 2. The molecular formula is C12H10O2. The number of rotatable bonds is 0. The third-order valence-corrected chi connectivity index (χ3v) is 3.34. The lowest BCUT2D eigenvalue weighted by atomic mass is 9.97. The number of carbonyl (C=O) groups excluding carboxylic acids is 1. The summed E-state index contributed by atoms with van der Waals surface area (Å²) in [4.78, 5) is 11.9. The van der Waals surface area contributed by atoms with Crippen molar-refractivity contribution in [3.05, 3.63) is 42.0 Å². The molecule has 1 aromatic rings. The summed E-state index contributed by atoms with van der Waals surface area (Å²) in [6, 6.07) is 7.61. The van der Waals surface area contributed by atoms with Gasteiger partial charge in [-0.2, -0.15) is 0 Å². The number of aliphatic hydroxyl groups is 1. The number of hydrogen-bond donors (Lipinski definition) is 1. The topological polar surface area (TPSA) is 37.3 Å². The highest BCUT2D eigenvalue weighted by Crippen LogP contribution is 2.57. The Hall–Kier alpha value is -1.41. The maximum absolute atomic E-state index is 11.9. The third kappa shape index (κ3) is 0.654. The molecule has 2 unspecified atom stereocenters. The Morgan fingerprint density at radius 3 is 2.71 bits per heavy atom. The van der Waals surface area contributed by atoms with Crippen molar-refractivity contribution in [1.82, 2.24) is 0 Å². The molecule has 1 saturated carbocycles. The van der Waals surface area contributed by atoms with Crippen LogP contribution in [0.2, 0.25) is 0 Å². The Morgan fingerprint density at radius 2 is 2.07 bits per heavy atom. The number of carbonyl (C=O) groups is 1. The first-order chi connectivity index (χ1) is 6.68. The smallest absolute Gasteiger partial charge is 0.176 e. The molecule has 0 bridgehead atoms. The van der Waals surface area contributed by atoms with Gasteiger partial charge in [-0.1, -0.05) is 30.8 Å². The van der Waals surface area contributed by atoms with E-state index in [9.17, 15) is 9.90 Å². The van der Waals surface area contributed by atoms with E-state index in [4.69, 9.17) is 0 Å². The minimum absolute atomic E-state index is 0.00574. The van der Waals surface area contributed by atoms with E-state index in [1.54, 1.807) is 0 Å². The molecule has 1 aromatic carbocycles. The van der Waals surface area contributed by atoms with Crippen molar-refractivity contribution in [1.29, 1.82) is 0 Å². The minimum Gasteiger partial charge on any atom is -0.392 e. The number of ketones is 1. The SMILES string of the molecule is C=C1C(=O)C2(CC2O)c2ccccc21. The average Bonchev–Trinajstić information content (AvgIpc) is 2.84. The first kappa shape index (κ1) is 7.94. The van der Waals surface area contributed by atoms with Crippen molar-refractivity contribution in [2.75, 3.05) is 0 Å². The first-order valence-corrected chi connectivity index (χ1v) is 4.69. The number of benzene rings is 1. The maximum Gasteiger partial charge on any atom is 0.176 e. The van der Waals surface area contributed by atoms with Gasteiger partial charge < -0.3 is 5.11 Å². The van der Waals surface area contributed by atoms with Gasteiger partial charge in [0, 0.05) is 5.57 Å². The van der Waals surface area contributed by atoms with Gasteiger partial charge in [-0.3, -0.25) is 4.79 Å². The quantitative estimate of drug-likeness (QED) is 0.620. The van der Waals surface area contributed by atoms with Crippen LogP contribution in [0.5, 0.6) is 0 Å². The van der Waals surface area contributed by atoms with Crippen LogP contribution in [0, 0.1) is 0 Å². The van der Waals surface area contributed by atoms with Crippen LogP contribution in [-0.4, -0.2) is 17.0 Å². The van der Waals surface area contributed by atoms with Crippen LogP contribution >= 0.6 is 0 Å². The lowest BCUT2D eigenvalue weighted by Crippen LogP contribution is -2.18. The molecule has 0 radical (unpaired) electrons. The average molecular weight is 186 g/mol. The summed E-state index contributed by atoms with van der Waals surface area (Å²) >= 11 is 0. The van der Waals surface area contributed by atoms with Crippen LogP contribution in [0.25, 0.3) is 5.57 Å². The molecular weight excluding hydrogens is 176 g/mol. The van der Waals surface area contributed by atoms with E-state index in [0.717, 1.165) is 11.1 Å². The highest BCUT2D eigenvalue weighted by molar-refractivity contribution is 6.30. The highest BCUT2D eigenvalue weighted by atomic mass is 16.3. The summed E-state index contributed by atoms with van der Waals surface area (Å²) in [6.45, 7) is 3.79. The molecule has 0 heterocycles. The fourth-order valence-electron chi connectivity index (χ4n) is 2.43. The number of Topliss-reactive ketones (excluding diaryl/α,β-unsaturated/α-hetero) is 1. The second-order valence-corrected chi connectivity index (χ2v) is 4.04. The summed E-state index contributed by atoms with van der Waals surface area (Å²) < 4.78 is 0. The van der Waals surface area contributed by atoms with Crippen LogP contribution in [-0.2, 0) is 10.2 Å². The van der Waals surface area contributed by atoms with Crippen molar-refractivity contribution >= 4 is 11.4 Å². The molecule has 2 heteroatoms. The molecule has 3 rings (SSSR count). The molecule has 0 saturated heterocycles. The van der Waals surface area contributed by atoms with E-state index in [1.165, 1.54) is 0 Å². The normalized spacial score (nSPS) is 33.6. The summed E-state index contributed by atoms with van der Waals surface area (Å²) in [5, 5.41) is 9.59. The molecule has 1 spiro atoms. The lowest BCUT2D eigenvalue weighted by Gasteiger charge is -2.05. The Bertz CT molecular complexity index is 461. The van der Waals surface area contributed by atoms with Gasteiger partial charge in [0.2, 0.25) is 0 Å². The first-order valence-electron chi connectivity index (χ1n) is 4.69. The van der Waals surface area contributed by atoms with Crippen LogP contribution in [0.4, 0.5) is 0 Å². The summed E-state index contributed by atoms with van der Waals surface area (Å²) in [7, 11) is 0. The molecule has 1 N–H and O–H groups in total. The third-order valence-electron chi connectivity index (χ3n) is 3.34. The predicted molar refractivity (Wildman–Crippen MR) is 52.8 cm³/mol. The molecule has 0 aliphatic heterocycles. The second kappa shape index (κ2) is 2.15. The van der Waals surface area contributed by atoms with Crippen LogP contribution in [0.3, 0.4) is 0 Å². The Balaban J connectivity index is 2.30. The molecule has 2 atom stereocenters. The largest absolute Gasteiger partial charge is 0.392 e. The predicted octanol–water partition coefficient (Wildman–Crippen LogP) is 1.28. The lowest BCUT2D eigenvalue weighted by molar-refractivity contribution is -0.116. The number of aliphatic hydroxyl groups excluding tert-OH is 1. The molecule has 2 nitrogen and oxygen atoms in total. The molecule has 0 aromatic heterocycles. The molecule has 2 aliphatic rings. The van der Waals surface area contributed by atoms with Gasteiger partial charge in [0.05, 0.1) is 11.5 Å². The Labute approximate surface area is 81.9 Å². The Kier molecular flexibility index (Phi) is 1.22. The molecule has 70 valence electrons. The van der Waals surface area contributed by atoms with E-state index in [2.05, 4.69) is 6.58 Å². The summed E-state index contributed by atoms with van der Waals surface area (Å²) in [5.41, 5.74) is 1.81. The fourth-order valence-corrected chi connectivity index (χ4v) is 2.43. The monoisotopic (exact) mass is 186 g/mol. The maximum atomic E-state index is 11.9. The van der Waals surface area contributed by atoms with Crippen LogP contribution < -0.4 is 0 Å². The number of allylic oxidation sites excluding steroid dienone is 1. The Morgan fingerprint density at radius 1 is 1.43 bits per heavy atom. The molecule has 14 heavy (non-hydrogen) atoms. The van der Waals surface area contributed by atoms with Crippen molar-refractivity contribution in [2.45, 2.75) is 17.9 Å². The molecule has 1 fully saturated rings. The minimum atomic E-state index is -0.617. The van der Waals surface area contributed by atoms with Gasteiger partial charge in [0.15, 0.2) is 5.78 Å². The van der Waals surface area contributed by atoms with E-state index in [-0.39, 0.29) is 5.78 Å². The molecule has 0 amide bonds. The zero-order valence-corrected chi connectivity index (χ0v) is 7.66. The van der Waals surface area contributed by atoms with Crippen molar-refractivity contribution in [3.8, 4) is 0 Å². The van der Waals surface area contributed by atoms with Crippen molar-refractivity contribution in [3.63, 3.8) is 0 Å². The van der Waals surface area contributed by atoms with E-state index < -0.39 is 11.5 Å². The van der Waals surface area contributed by atoms with Crippen LogP contribution in [0.15, 0.2) is 30.8 Å². The highest BCUT2D eigenvalue weighted by Gasteiger charge is 2.64. The summed E-state index contributed by atoms with van der Waals surface area (Å²) in [6.07, 6.45) is 0.0531. The van der Waals surface area contributed by atoms with Gasteiger partial charge in [0.1, 0.15) is 0 Å². The zero-order chi connectivity index (χ0) is 9.92. The summed E-state index contributed by atoms with van der Waals surface area (Å²) in [5.74, 6) is 0.00574. The van der Waals surface area contributed by atoms with E-state index >= 15 is 0 Å². The van der Waals surface area contributed by atoms with Crippen molar-refractivity contribution < 1.29 is 9.90 Å².